The van der Waals surface area contributed by atoms with Gasteiger partial charge in [-0.3, -0.25) is 0 Å². The number of halogens is 2. The first-order valence-electron chi connectivity index (χ1n) is 21.8. The Bertz CT molecular complexity index is 3000. The van der Waals surface area contributed by atoms with E-state index in [1.165, 1.54) is 98.0 Å². The number of fused-ring (bicyclic) bond motifs is 7. The number of allylic oxidation sites excluding steroid dienone is 1. The Labute approximate surface area is 409 Å². The SMILES string of the molecule is CCCC1=Cc2c(-c3cc4ccccc4c4ccccc34)cccc2C1c1cc(C(C)(C)C)cc2c1[cH-]c1ccc(C(C)(C)C)cc12.[Cl-].[Cl-].[Zr+3].c1ccc([Si]c2ccccc2)cc1. The van der Waals surface area contributed by atoms with Crippen LogP contribution >= 0.6 is 0 Å². The number of rotatable bonds is 6. The molecule has 0 nitrogen and oxygen atoms in total. The summed E-state index contributed by atoms with van der Waals surface area (Å²) in [7, 11) is 0.777. The minimum atomic E-state index is 0. The molecule has 0 aromatic heterocycles. The van der Waals surface area contributed by atoms with E-state index in [1.54, 1.807) is 0 Å². The molecule has 0 heterocycles. The van der Waals surface area contributed by atoms with Gasteiger partial charge >= 0.3 is 26.2 Å². The van der Waals surface area contributed by atoms with Crippen LogP contribution in [-0.4, -0.2) is 9.52 Å². The maximum absolute atomic E-state index is 2.55. The number of hydrogen-bond donors (Lipinski definition) is 0. The molecule has 0 amide bonds. The van der Waals surface area contributed by atoms with Gasteiger partial charge < -0.3 is 24.8 Å². The first kappa shape index (κ1) is 48.0. The maximum atomic E-state index is 2.55. The Kier molecular flexibility index (Phi) is 15.1. The van der Waals surface area contributed by atoms with Crippen molar-refractivity contribution in [3.8, 4) is 11.1 Å². The molecular formula is C59H55Cl2SiZr. The van der Waals surface area contributed by atoms with Crippen molar-refractivity contribution >= 4 is 69.1 Å². The molecule has 10 rings (SSSR count). The average molecular weight is 954 g/mol. The fraction of sp³-hybridized carbons (Fsp3) is 0.203. The van der Waals surface area contributed by atoms with Gasteiger partial charge in [-0.15, -0.1) is 33.7 Å². The van der Waals surface area contributed by atoms with Crippen LogP contribution in [-0.2, 0) is 37.0 Å². The molecule has 63 heavy (non-hydrogen) atoms. The summed E-state index contributed by atoms with van der Waals surface area (Å²) in [6, 6.07) is 63.1. The van der Waals surface area contributed by atoms with Crippen molar-refractivity contribution in [1.29, 1.82) is 0 Å². The maximum Gasteiger partial charge on any atom is 3.00 e. The predicted octanol–water partition coefficient (Wildman–Crippen LogP) is 8.96. The monoisotopic (exact) mass is 951 g/mol. The third-order valence-electron chi connectivity index (χ3n) is 12.5. The van der Waals surface area contributed by atoms with Crippen LogP contribution in [0.5, 0.6) is 0 Å². The Balaban J connectivity index is 0.000000355. The second-order valence-corrected chi connectivity index (χ2v) is 20.1. The topological polar surface area (TPSA) is 0 Å². The Morgan fingerprint density at radius 2 is 1.10 bits per heavy atom. The van der Waals surface area contributed by atoms with Crippen molar-refractivity contribution in [2.45, 2.75) is 78.1 Å². The fourth-order valence-electron chi connectivity index (χ4n) is 9.33. The fourth-order valence-corrected chi connectivity index (χ4v) is 10.4. The van der Waals surface area contributed by atoms with Crippen molar-refractivity contribution in [1.82, 2.24) is 0 Å². The van der Waals surface area contributed by atoms with Crippen molar-refractivity contribution in [2.24, 2.45) is 0 Å². The van der Waals surface area contributed by atoms with Gasteiger partial charge in [0.25, 0.3) is 0 Å². The number of benzene rings is 8. The molecule has 9 aromatic carbocycles. The molecule has 1 unspecified atom stereocenters. The van der Waals surface area contributed by atoms with Gasteiger partial charge in [-0.25, -0.2) is 0 Å². The van der Waals surface area contributed by atoms with Crippen LogP contribution in [0.2, 0.25) is 0 Å². The van der Waals surface area contributed by atoms with E-state index >= 15 is 0 Å². The van der Waals surface area contributed by atoms with Gasteiger partial charge in [0, 0.05) is 5.92 Å². The van der Waals surface area contributed by atoms with E-state index in [9.17, 15) is 0 Å². The second kappa shape index (κ2) is 19.8. The van der Waals surface area contributed by atoms with Gasteiger partial charge in [-0.2, -0.15) is 0 Å². The molecule has 0 aliphatic heterocycles. The van der Waals surface area contributed by atoms with Crippen molar-refractivity contribution in [2.75, 3.05) is 0 Å². The summed E-state index contributed by atoms with van der Waals surface area (Å²) in [5.74, 6) is 0.236. The van der Waals surface area contributed by atoms with E-state index in [2.05, 4.69) is 224 Å². The van der Waals surface area contributed by atoms with E-state index < -0.39 is 0 Å². The van der Waals surface area contributed by atoms with Crippen LogP contribution in [0.1, 0.15) is 95.0 Å². The summed E-state index contributed by atoms with van der Waals surface area (Å²) in [4.78, 5) is 0. The van der Waals surface area contributed by atoms with E-state index in [0.29, 0.717) is 0 Å². The first-order valence-corrected chi connectivity index (χ1v) is 22.8. The number of hydrogen-bond acceptors (Lipinski definition) is 0. The van der Waals surface area contributed by atoms with E-state index in [4.69, 9.17) is 0 Å². The Morgan fingerprint density at radius 1 is 0.508 bits per heavy atom. The van der Waals surface area contributed by atoms with Gasteiger partial charge in [0.1, 0.15) is 9.52 Å². The van der Waals surface area contributed by atoms with Gasteiger partial charge in [0.15, 0.2) is 0 Å². The predicted molar refractivity (Wildman–Crippen MR) is 264 cm³/mol. The summed E-state index contributed by atoms with van der Waals surface area (Å²) in [5.41, 5.74) is 11.4. The molecule has 3 radical (unpaired) electrons. The molecule has 313 valence electrons. The van der Waals surface area contributed by atoms with Gasteiger partial charge in [-0.05, 0) is 67.1 Å². The first-order chi connectivity index (χ1) is 29.0. The average Bonchev–Trinajstić information content (AvgIpc) is 3.81. The van der Waals surface area contributed by atoms with Gasteiger partial charge in [0.05, 0.1) is 0 Å². The van der Waals surface area contributed by atoms with Crippen LogP contribution in [0.25, 0.3) is 60.3 Å². The van der Waals surface area contributed by atoms with Crippen molar-refractivity contribution < 1.29 is 51.0 Å². The molecule has 1 aliphatic carbocycles. The molecule has 0 fully saturated rings. The third-order valence-corrected chi connectivity index (χ3v) is 13.7. The Hall–Kier alpha value is -4.43. The summed E-state index contributed by atoms with van der Waals surface area (Å²) < 4.78 is 0. The molecule has 0 bridgehead atoms. The van der Waals surface area contributed by atoms with Gasteiger partial charge in [0.2, 0.25) is 0 Å². The molecule has 4 heteroatoms. The minimum absolute atomic E-state index is 0. The van der Waals surface area contributed by atoms with Crippen LogP contribution < -0.4 is 35.2 Å². The zero-order chi connectivity index (χ0) is 41.6. The summed E-state index contributed by atoms with van der Waals surface area (Å²) in [6.45, 7) is 16.4. The molecule has 1 aliphatic rings. The standard InChI is InChI=1S/C47H45.C12H10Si.2ClH.Zr/c1-8-14-31-25-41-37(40-23-29-15-9-10-16-34(29)35-17-11-12-18-36(35)40)19-13-20-38(41)45(31)44-28-33(47(5,6)7)27-43-39-26-32(46(2,3)4)22-21-30(39)24-42(43)44;1-3-7-11(8-4-1)13-12-9-5-2-6-10-12;;;/h9-13,15-28,45H,8,14H2,1-7H3;1-10H;2*1H;/q-1;;;;+3/p-2. The van der Waals surface area contributed by atoms with Crippen molar-refractivity contribution in [3.63, 3.8) is 0 Å². The molecule has 0 saturated heterocycles. The summed E-state index contributed by atoms with van der Waals surface area (Å²) in [5, 5.41) is 13.6. The van der Waals surface area contributed by atoms with Crippen LogP contribution in [0, 0.1) is 0 Å². The van der Waals surface area contributed by atoms with E-state index in [1.807, 2.05) is 0 Å². The molecule has 0 N–H and O–H groups in total. The summed E-state index contributed by atoms with van der Waals surface area (Å²) in [6.07, 6.45) is 4.77. The van der Waals surface area contributed by atoms with Crippen LogP contribution in [0.4, 0.5) is 0 Å². The van der Waals surface area contributed by atoms with Crippen LogP contribution in [0.3, 0.4) is 0 Å². The Morgan fingerprint density at radius 3 is 1.73 bits per heavy atom. The normalized spacial score (nSPS) is 13.4. The zero-order valence-corrected chi connectivity index (χ0v) is 42.5. The van der Waals surface area contributed by atoms with Gasteiger partial charge in [-0.1, -0.05) is 245 Å². The largest absolute Gasteiger partial charge is 3.00 e. The molecule has 9 aromatic rings. The van der Waals surface area contributed by atoms with E-state index in [-0.39, 0.29) is 67.8 Å². The summed E-state index contributed by atoms with van der Waals surface area (Å²) >= 11 is 0. The third kappa shape index (κ3) is 9.67. The van der Waals surface area contributed by atoms with Crippen LogP contribution in [0.15, 0.2) is 175 Å². The minimum Gasteiger partial charge on any atom is -1.00 e. The smallest absolute Gasteiger partial charge is 1.00 e. The molecule has 0 spiro atoms. The second-order valence-electron chi connectivity index (χ2n) is 18.7. The van der Waals surface area contributed by atoms with Crippen molar-refractivity contribution in [3.05, 3.63) is 203 Å². The zero-order valence-electron chi connectivity index (χ0n) is 37.5. The molecule has 0 saturated carbocycles. The quantitative estimate of drug-likeness (QED) is 0.0888. The van der Waals surface area contributed by atoms with E-state index in [0.717, 1.165) is 22.4 Å². The molecular weight excluding hydrogens is 899 g/mol. The molecule has 1 atom stereocenters.